The van der Waals surface area contributed by atoms with E-state index in [2.05, 4.69) is 15.3 Å². The highest BCUT2D eigenvalue weighted by Gasteiger charge is 2.09. The number of para-hydroxylation sites is 2. The number of hydrogen-bond acceptors (Lipinski definition) is 5. The summed E-state index contributed by atoms with van der Waals surface area (Å²) in [5, 5.41) is 2.75. The Balaban J connectivity index is 1.57. The van der Waals surface area contributed by atoms with Crippen molar-refractivity contribution in [1.29, 1.82) is 0 Å². The average molecular weight is 462 g/mol. The van der Waals surface area contributed by atoms with Crippen molar-refractivity contribution in [2.24, 2.45) is 5.73 Å². The number of nitrogens with one attached hydrogen (secondary N) is 1. The number of benzene rings is 2. The quantitative estimate of drug-likeness (QED) is 0.278. The van der Waals surface area contributed by atoms with Crippen LogP contribution in [0.4, 0.5) is 11.4 Å². The molecule has 0 fully saturated rings. The molecule has 7 heteroatoms. The number of primary amides is 1. The molecular weight excluding hydrogens is 438 g/mol. The maximum atomic E-state index is 12.2. The Morgan fingerprint density at radius 2 is 1.66 bits per heavy atom. The average Bonchev–Trinajstić information content (AvgIpc) is 2.88. The minimum absolute atomic E-state index is 0.292. The van der Waals surface area contributed by atoms with Crippen LogP contribution in [0.15, 0.2) is 97.5 Å². The number of nitrogen functional groups attached to an aromatic ring is 1. The molecule has 4 rings (SSSR count). The normalized spacial score (nSPS) is 11.4. The number of carbonyl (C=O) groups excluding carboxylic acids is 2. The summed E-state index contributed by atoms with van der Waals surface area (Å²) in [6.45, 7) is 0. The van der Waals surface area contributed by atoms with Crippen molar-refractivity contribution in [3.05, 3.63) is 125 Å². The molecule has 5 N–H and O–H groups in total. The summed E-state index contributed by atoms with van der Waals surface area (Å²) < 4.78 is 0. The van der Waals surface area contributed by atoms with E-state index in [1.165, 1.54) is 6.08 Å². The lowest BCUT2D eigenvalue weighted by Gasteiger charge is -2.09. The monoisotopic (exact) mass is 461 g/mol. The van der Waals surface area contributed by atoms with E-state index in [0.717, 1.165) is 22.3 Å². The zero-order valence-electron chi connectivity index (χ0n) is 18.8. The summed E-state index contributed by atoms with van der Waals surface area (Å²) in [6.07, 6.45) is 10.1. The minimum Gasteiger partial charge on any atom is -0.397 e. The number of rotatable bonds is 7. The lowest BCUT2D eigenvalue weighted by Crippen LogP contribution is -2.10. The van der Waals surface area contributed by atoms with Crippen molar-refractivity contribution in [3.8, 4) is 0 Å². The predicted octanol–water partition coefficient (Wildman–Crippen LogP) is 4.40. The summed E-state index contributed by atoms with van der Waals surface area (Å²) in [5.41, 5.74) is 16.8. The number of nitrogens with zero attached hydrogens (tertiary/aromatic N) is 2. The van der Waals surface area contributed by atoms with Crippen LogP contribution < -0.4 is 16.8 Å². The second-order valence-corrected chi connectivity index (χ2v) is 7.67. The molecular formula is C28H23N5O2. The van der Waals surface area contributed by atoms with Crippen molar-refractivity contribution < 1.29 is 9.59 Å². The van der Waals surface area contributed by atoms with Crippen LogP contribution in [0.2, 0.25) is 0 Å². The molecule has 2 aromatic carbocycles. The minimum atomic E-state index is -0.495. The molecule has 2 heterocycles. The van der Waals surface area contributed by atoms with Crippen LogP contribution in [-0.4, -0.2) is 21.8 Å². The first kappa shape index (κ1) is 23.1. The van der Waals surface area contributed by atoms with Gasteiger partial charge in [-0.3, -0.25) is 19.6 Å². The standard InChI is InChI=1S/C28H23N5O2/c29-25-8-1-2-9-26(25)33-27(34)13-11-19-10-12-23(32-17-19)16-24(22-7-4-14-31-18-22)20-5-3-6-21(15-20)28(30)35/h1-18H,29H2,(H2,30,35)(H,33,34)/b13-11+,24-16-. The Morgan fingerprint density at radius 1 is 0.857 bits per heavy atom. The number of pyridine rings is 2. The van der Waals surface area contributed by atoms with Crippen LogP contribution in [0.25, 0.3) is 17.7 Å². The van der Waals surface area contributed by atoms with Gasteiger partial charge < -0.3 is 16.8 Å². The van der Waals surface area contributed by atoms with E-state index < -0.39 is 5.91 Å². The molecule has 2 amide bonds. The molecule has 172 valence electrons. The number of amides is 2. The fourth-order valence-corrected chi connectivity index (χ4v) is 3.40. The van der Waals surface area contributed by atoms with Gasteiger partial charge in [0.25, 0.3) is 0 Å². The highest BCUT2D eigenvalue weighted by molar-refractivity contribution is 6.03. The number of hydrogen-bond donors (Lipinski definition) is 3. The largest absolute Gasteiger partial charge is 0.397 e. The molecule has 0 radical (unpaired) electrons. The second-order valence-electron chi connectivity index (χ2n) is 7.67. The van der Waals surface area contributed by atoms with E-state index in [4.69, 9.17) is 11.5 Å². The number of nitrogens with two attached hydrogens (primary N) is 2. The molecule has 2 aromatic heterocycles. The van der Waals surface area contributed by atoms with E-state index in [1.807, 2.05) is 36.4 Å². The molecule has 0 aliphatic heterocycles. The van der Waals surface area contributed by atoms with Crippen molar-refractivity contribution in [2.75, 3.05) is 11.1 Å². The topological polar surface area (TPSA) is 124 Å². The third kappa shape index (κ3) is 6.06. The third-order valence-corrected chi connectivity index (χ3v) is 5.18. The number of anilines is 2. The Kier molecular flexibility index (Phi) is 7.08. The number of carbonyl (C=O) groups is 2. The van der Waals surface area contributed by atoms with Gasteiger partial charge in [-0.1, -0.05) is 36.4 Å². The zero-order chi connectivity index (χ0) is 24.6. The highest BCUT2D eigenvalue weighted by atomic mass is 16.1. The molecule has 0 spiro atoms. The van der Waals surface area contributed by atoms with Gasteiger partial charge >= 0.3 is 0 Å². The van der Waals surface area contributed by atoms with Gasteiger partial charge in [0.15, 0.2) is 0 Å². The summed E-state index contributed by atoms with van der Waals surface area (Å²) in [4.78, 5) is 32.6. The Hall–Kier alpha value is -5.04. The molecule has 4 aromatic rings. The highest BCUT2D eigenvalue weighted by Crippen LogP contribution is 2.26. The van der Waals surface area contributed by atoms with Gasteiger partial charge in [0.1, 0.15) is 0 Å². The first-order valence-electron chi connectivity index (χ1n) is 10.8. The van der Waals surface area contributed by atoms with Gasteiger partial charge in [0.05, 0.1) is 17.1 Å². The lowest BCUT2D eigenvalue weighted by atomic mass is 9.96. The summed E-state index contributed by atoms with van der Waals surface area (Å²) >= 11 is 0. The molecule has 7 nitrogen and oxygen atoms in total. The fourth-order valence-electron chi connectivity index (χ4n) is 3.40. The summed E-state index contributed by atoms with van der Waals surface area (Å²) in [6, 6.07) is 21.7. The third-order valence-electron chi connectivity index (χ3n) is 5.18. The van der Waals surface area contributed by atoms with Crippen molar-refractivity contribution in [3.63, 3.8) is 0 Å². The van der Waals surface area contributed by atoms with Crippen LogP contribution in [0.3, 0.4) is 0 Å². The molecule has 0 saturated heterocycles. The van der Waals surface area contributed by atoms with Gasteiger partial charge in [-0.25, -0.2) is 0 Å². The van der Waals surface area contributed by atoms with Gasteiger partial charge in [-0.05, 0) is 65.3 Å². The Labute approximate surface area is 202 Å². The van der Waals surface area contributed by atoms with E-state index in [-0.39, 0.29) is 5.91 Å². The smallest absolute Gasteiger partial charge is 0.248 e. The van der Waals surface area contributed by atoms with Crippen molar-refractivity contribution in [2.45, 2.75) is 0 Å². The molecule has 0 saturated carbocycles. The SMILES string of the molecule is NC(=O)c1cccc(/C(=C/c2ccc(/C=C/C(=O)Nc3ccccc3N)cn2)c2cccnc2)c1. The zero-order valence-corrected chi connectivity index (χ0v) is 18.8. The molecule has 0 aliphatic rings. The first-order valence-corrected chi connectivity index (χ1v) is 10.8. The molecule has 35 heavy (non-hydrogen) atoms. The Morgan fingerprint density at radius 3 is 2.37 bits per heavy atom. The number of aromatic nitrogens is 2. The van der Waals surface area contributed by atoms with Crippen LogP contribution in [0.1, 0.15) is 32.7 Å². The molecule has 0 bridgehead atoms. The molecule has 0 atom stereocenters. The summed E-state index contributed by atoms with van der Waals surface area (Å²) in [5.74, 6) is -0.786. The Bertz CT molecular complexity index is 1410. The van der Waals surface area contributed by atoms with Crippen molar-refractivity contribution in [1.82, 2.24) is 9.97 Å². The van der Waals surface area contributed by atoms with Gasteiger partial charge in [-0.15, -0.1) is 0 Å². The summed E-state index contributed by atoms with van der Waals surface area (Å²) in [7, 11) is 0. The predicted molar refractivity (Wildman–Crippen MR) is 139 cm³/mol. The van der Waals surface area contributed by atoms with Gasteiger partial charge in [-0.2, -0.15) is 0 Å². The fraction of sp³-hybridized carbons (Fsp3) is 0. The molecule has 0 unspecified atom stereocenters. The lowest BCUT2D eigenvalue weighted by molar-refractivity contribution is -0.111. The maximum absolute atomic E-state index is 12.2. The maximum Gasteiger partial charge on any atom is 0.248 e. The molecule has 0 aliphatic carbocycles. The van der Waals surface area contributed by atoms with E-state index >= 15 is 0 Å². The second kappa shape index (κ2) is 10.7. The van der Waals surface area contributed by atoms with E-state index in [1.54, 1.807) is 67.1 Å². The van der Waals surface area contributed by atoms with Crippen molar-refractivity contribution >= 4 is 40.9 Å². The van der Waals surface area contributed by atoms with E-state index in [0.29, 0.717) is 22.6 Å². The van der Waals surface area contributed by atoms with Crippen LogP contribution >= 0.6 is 0 Å². The van der Waals surface area contributed by atoms with Gasteiger partial charge in [0.2, 0.25) is 11.8 Å². The van der Waals surface area contributed by atoms with Gasteiger partial charge in [0, 0.05) is 35.8 Å². The van der Waals surface area contributed by atoms with Crippen LogP contribution in [0.5, 0.6) is 0 Å². The van der Waals surface area contributed by atoms with Crippen LogP contribution in [0, 0.1) is 0 Å². The van der Waals surface area contributed by atoms with E-state index in [9.17, 15) is 9.59 Å². The van der Waals surface area contributed by atoms with Crippen LogP contribution in [-0.2, 0) is 4.79 Å². The first-order chi connectivity index (χ1) is 17.0.